The van der Waals surface area contributed by atoms with Gasteiger partial charge in [-0.1, -0.05) is 36.4 Å². The molecule has 0 aliphatic heterocycles. The van der Waals surface area contributed by atoms with Crippen molar-refractivity contribution in [3.8, 4) is 22.8 Å². The Balaban J connectivity index is 1.12. The molecule has 6 nitrogen and oxygen atoms in total. The maximum absolute atomic E-state index is 4.38. The van der Waals surface area contributed by atoms with Crippen molar-refractivity contribution in [2.45, 2.75) is 13.1 Å². The smallest absolute Gasteiger partial charge is 0.229 e. The second-order valence-electron chi connectivity index (χ2n) is 8.13. The van der Waals surface area contributed by atoms with Gasteiger partial charge in [-0.3, -0.25) is 0 Å². The van der Waals surface area contributed by atoms with Crippen LogP contribution in [0.4, 0.5) is 11.4 Å². The fourth-order valence-corrected chi connectivity index (χ4v) is 3.77. The maximum Gasteiger partial charge on any atom is 0.229 e. The lowest BCUT2D eigenvalue weighted by Crippen LogP contribution is -2.76. The Morgan fingerprint density at radius 1 is 0.529 bits per heavy atom. The number of aromatic nitrogens is 4. The summed E-state index contributed by atoms with van der Waals surface area (Å²) in [5.74, 6) is 0. The molecule has 6 N–H and O–H groups in total. The number of nitrogens with zero attached hydrogens (tertiary/aromatic N) is 2. The van der Waals surface area contributed by atoms with Crippen LogP contribution >= 0.6 is 0 Å². The van der Waals surface area contributed by atoms with Gasteiger partial charge in [-0.25, -0.2) is 19.9 Å². The molecule has 6 heteroatoms. The van der Waals surface area contributed by atoms with E-state index in [0.717, 1.165) is 35.9 Å². The fourth-order valence-electron chi connectivity index (χ4n) is 3.77. The monoisotopic (exact) mass is 448 g/mol. The zero-order chi connectivity index (χ0) is 23.0. The van der Waals surface area contributed by atoms with Crippen molar-refractivity contribution in [3.05, 3.63) is 121 Å². The Labute approximate surface area is 198 Å². The molecule has 0 spiro atoms. The topological polar surface area (TPSA) is 87.3 Å². The molecular weight excluding hydrogens is 420 g/mol. The van der Waals surface area contributed by atoms with Crippen LogP contribution in [-0.4, -0.2) is 9.97 Å². The molecule has 0 bridgehead atoms. The lowest BCUT2D eigenvalue weighted by atomic mass is 10.1. The molecule has 4 heterocycles. The third-order valence-electron chi connectivity index (χ3n) is 5.73. The average Bonchev–Trinajstić information content (AvgIpc) is 2.93. The number of quaternary nitrogens is 2. The van der Waals surface area contributed by atoms with Gasteiger partial charge in [0.15, 0.2) is 11.4 Å². The standard InChI is InChI=1S/C28H24N6/c1-3-15-29-25(5-1)27-13-11-23(19-33-27)31-17-21-7-9-22(10-8-21)18-32-24-12-14-28(34-20-24)26-6-2-4-16-30-26/h1-16,19-20,31-32H,17-18H2/p+4. The summed E-state index contributed by atoms with van der Waals surface area (Å²) in [6.45, 7) is 1.79. The Bertz CT molecular complexity index is 1200. The minimum absolute atomic E-state index is 0.894. The molecule has 5 rings (SSSR count). The molecule has 0 amide bonds. The third-order valence-corrected chi connectivity index (χ3v) is 5.73. The highest BCUT2D eigenvalue weighted by Gasteiger charge is 2.10. The van der Waals surface area contributed by atoms with Gasteiger partial charge in [0.05, 0.1) is 0 Å². The molecule has 5 aromatic rings. The van der Waals surface area contributed by atoms with Crippen LogP contribution in [0.3, 0.4) is 0 Å². The largest absolute Gasteiger partial charge is 0.305 e. The van der Waals surface area contributed by atoms with Crippen LogP contribution in [0.25, 0.3) is 22.8 Å². The quantitative estimate of drug-likeness (QED) is 0.381. The summed E-state index contributed by atoms with van der Waals surface area (Å²) in [6, 6.07) is 29.1. The predicted molar refractivity (Wildman–Crippen MR) is 129 cm³/mol. The van der Waals surface area contributed by atoms with Gasteiger partial charge in [0.1, 0.15) is 24.5 Å². The van der Waals surface area contributed by atoms with Crippen molar-refractivity contribution < 1.29 is 20.6 Å². The maximum atomic E-state index is 4.38. The first-order valence-electron chi connectivity index (χ1n) is 11.4. The van der Waals surface area contributed by atoms with E-state index in [-0.39, 0.29) is 0 Å². The van der Waals surface area contributed by atoms with E-state index < -0.39 is 0 Å². The van der Waals surface area contributed by atoms with Crippen LogP contribution in [0.15, 0.2) is 110 Å². The molecular formula is C28H28N6+4. The van der Waals surface area contributed by atoms with Gasteiger partial charge >= 0.3 is 0 Å². The molecule has 0 radical (unpaired) electrons. The molecule has 0 atom stereocenters. The Morgan fingerprint density at radius 2 is 1.00 bits per heavy atom. The fraction of sp³-hybridized carbons (Fsp3) is 0.0714. The van der Waals surface area contributed by atoms with Crippen molar-refractivity contribution >= 4 is 11.4 Å². The van der Waals surface area contributed by atoms with Crippen LogP contribution in [0.1, 0.15) is 11.1 Å². The summed E-state index contributed by atoms with van der Waals surface area (Å²) < 4.78 is 0. The lowest BCUT2D eigenvalue weighted by molar-refractivity contribution is -0.594. The lowest BCUT2D eigenvalue weighted by Gasteiger charge is -2.03. The van der Waals surface area contributed by atoms with E-state index in [9.17, 15) is 0 Å². The molecule has 0 aliphatic rings. The third kappa shape index (κ3) is 5.56. The van der Waals surface area contributed by atoms with Gasteiger partial charge < -0.3 is 10.6 Å². The van der Waals surface area contributed by atoms with Crippen LogP contribution in [-0.2, 0) is 13.1 Å². The molecule has 4 aromatic heterocycles. The van der Waals surface area contributed by atoms with Gasteiger partial charge in [-0.05, 0) is 24.3 Å². The SMILES string of the molecule is c1ccc(-c2ccc([NH2+]Cc3ccc(C[NH2+]c4ccc(-c5ccccn5)[nH+]c4)cc3)c[nH+]2)nc1. The molecule has 34 heavy (non-hydrogen) atoms. The minimum Gasteiger partial charge on any atom is -0.305 e. The molecule has 0 saturated carbocycles. The van der Waals surface area contributed by atoms with Crippen molar-refractivity contribution in [1.82, 2.24) is 9.97 Å². The van der Waals surface area contributed by atoms with E-state index >= 15 is 0 Å². The number of H-pyrrole nitrogens is 2. The number of rotatable bonds is 8. The second-order valence-corrected chi connectivity index (χ2v) is 8.13. The Kier molecular flexibility index (Phi) is 6.71. The van der Waals surface area contributed by atoms with Gasteiger partial charge in [0, 0.05) is 47.8 Å². The number of hydrogen-bond donors (Lipinski definition) is 2. The molecule has 166 valence electrons. The van der Waals surface area contributed by atoms with E-state index in [1.807, 2.05) is 61.2 Å². The van der Waals surface area contributed by atoms with Gasteiger partial charge in [-0.2, -0.15) is 0 Å². The van der Waals surface area contributed by atoms with Crippen LogP contribution in [0.2, 0.25) is 0 Å². The number of nitrogens with two attached hydrogens (primary N) is 2. The van der Waals surface area contributed by atoms with E-state index in [1.54, 1.807) is 0 Å². The second kappa shape index (κ2) is 10.6. The molecule has 1 aromatic carbocycles. The van der Waals surface area contributed by atoms with E-state index in [2.05, 4.69) is 79.1 Å². The first kappa shape index (κ1) is 21.6. The molecule has 0 fully saturated rings. The summed E-state index contributed by atoms with van der Waals surface area (Å²) in [5, 5.41) is 4.47. The first-order chi connectivity index (χ1) is 16.8. The number of nitrogens with one attached hydrogen (secondary N) is 2. The van der Waals surface area contributed by atoms with Gasteiger partial charge in [-0.15, -0.1) is 0 Å². The Hall–Kier alpha value is -4.26. The van der Waals surface area contributed by atoms with Gasteiger partial charge in [0.2, 0.25) is 23.8 Å². The summed E-state index contributed by atoms with van der Waals surface area (Å²) in [6.07, 6.45) is 7.68. The summed E-state index contributed by atoms with van der Waals surface area (Å²) in [5.41, 5.74) is 8.86. The van der Waals surface area contributed by atoms with Crippen molar-refractivity contribution in [1.29, 1.82) is 0 Å². The van der Waals surface area contributed by atoms with Crippen LogP contribution in [0.5, 0.6) is 0 Å². The van der Waals surface area contributed by atoms with Crippen molar-refractivity contribution in [3.63, 3.8) is 0 Å². The van der Waals surface area contributed by atoms with Gasteiger partial charge in [0.25, 0.3) is 0 Å². The van der Waals surface area contributed by atoms with E-state index in [4.69, 9.17) is 0 Å². The predicted octanol–water partition coefficient (Wildman–Crippen LogP) is 2.23. The van der Waals surface area contributed by atoms with E-state index in [0.29, 0.717) is 0 Å². The first-order valence-corrected chi connectivity index (χ1v) is 11.4. The normalized spacial score (nSPS) is 10.8. The zero-order valence-electron chi connectivity index (χ0n) is 18.9. The summed E-state index contributed by atoms with van der Waals surface area (Å²) in [4.78, 5) is 15.4. The highest BCUT2D eigenvalue weighted by Crippen LogP contribution is 2.12. The van der Waals surface area contributed by atoms with Crippen molar-refractivity contribution in [2.24, 2.45) is 0 Å². The summed E-state index contributed by atoms with van der Waals surface area (Å²) >= 11 is 0. The molecule has 0 saturated heterocycles. The van der Waals surface area contributed by atoms with Crippen LogP contribution in [0, 0.1) is 0 Å². The van der Waals surface area contributed by atoms with Crippen LogP contribution < -0.4 is 20.6 Å². The molecule has 0 unspecified atom stereocenters. The zero-order valence-corrected chi connectivity index (χ0v) is 18.9. The minimum atomic E-state index is 0.894. The van der Waals surface area contributed by atoms with E-state index in [1.165, 1.54) is 22.5 Å². The summed E-state index contributed by atoms with van der Waals surface area (Å²) in [7, 11) is 0. The average molecular weight is 449 g/mol. The number of pyridine rings is 4. The van der Waals surface area contributed by atoms with Crippen molar-refractivity contribution in [2.75, 3.05) is 0 Å². The number of aromatic amines is 2. The highest BCUT2D eigenvalue weighted by molar-refractivity contribution is 5.51. The number of benzene rings is 1. The number of hydrogen-bond acceptors (Lipinski definition) is 2. The molecule has 0 aliphatic carbocycles. The highest BCUT2D eigenvalue weighted by atomic mass is 14.9. The Morgan fingerprint density at radius 3 is 1.35 bits per heavy atom.